The molecule has 0 radical (unpaired) electrons. The Hall–Kier alpha value is -2.62. The summed E-state index contributed by atoms with van der Waals surface area (Å²) in [6.45, 7) is 0.956. The fraction of sp³-hybridized carbons (Fsp3) is 0.280. The molecule has 3 aromatic rings. The van der Waals surface area contributed by atoms with Gasteiger partial charge in [-0.05, 0) is 54.7 Å². The van der Waals surface area contributed by atoms with Gasteiger partial charge in [-0.25, -0.2) is 4.39 Å². The van der Waals surface area contributed by atoms with E-state index in [0.29, 0.717) is 11.3 Å². The zero-order valence-corrected chi connectivity index (χ0v) is 19.7. The van der Waals surface area contributed by atoms with Crippen molar-refractivity contribution in [3.63, 3.8) is 0 Å². The number of hydrogen-bond acceptors (Lipinski definition) is 8. The average Bonchev–Trinajstić information content (AvgIpc) is 3.65. The first-order valence-electron chi connectivity index (χ1n) is 11.0. The van der Waals surface area contributed by atoms with E-state index >= 15 is 0 Å². The van der Waals surface area contributed by atoms with Gasteiger partial charge in [0.25, 0.3) is 5.79 Å². The van der Waals surface area contributed by atoms with Gasteiger partial charge < -0.3 is 25.8 Å². The topological polar surface area (TPSA) is 138 Å². The van der Waals surface area contributed by atoms with E-state index in [1.165, 1.54) is 6.07 Å². The Bertz CT molecular complexity index is 1320. The van der Waals surface area contributed by atoms with Gasteiger partial charge in [0.05, 0.1) is 12.1 Å². The molecule has 0 aliphatic carbocycles. The third-order valence-electron chi connectivity index (χ3n) is 6.50. The van der Waals surface area contributed by atoms with Crippen molar-refractivity contribution in [3.8, 4) is 22.6 Å². The summed E-state index contributed by atoms with van der Waals surface area (Å²) in [5.74, 6) is -2.91. The lowest BCUT2D eigenvalue weighted by Gasteiger charge is -2.38. The van der Waals surface area contributed by atoms with E-state index in [-0.39, 0.29) is 18.6 Å². The highest BCUT2D eigenvalue weighted by Gasteiger charge is 3.01. The highest BCUT2D eigenvalue weighted by atomic mass is 31.2. The number of nitrogens with two attached hydrogens (primary N) is 1. The minimum atomic E-state index is -3.52. The van der Waals surface area contributed by atoms with Crippen LogP contribution in [0.15, 0.2) is 66.7 Å². The number of benzene rings is 3. The Morgan fingerprint density at radius 2 is 1.74 bits per heavy atom. The van der Waals surface area contributed by atoms with Crippen molar-refractivity contribution in [1.29, 1.82) is 0 Å². The van der Waals surface area contributed by atoms with Gasteiger partial charge in [-0.3, -0.25) is 13.6 Å². The molecule has 184 valence electrons. The van der Waals surface area contributed by atoms with Crippen LogP contribution >= 0.6 is 7.60 Å². The molecular weight excluding hydrogens is 476 g/mol. The molecule has 2 aliphatic heterocycles. The second-order valence-electron chi connectivity index (χ2n) is 8.98. The van der Waals surface area contributed by atoms with Crippen LogP contribution in [0.1, 0.15) is 17.5 Å². The van der Waals surface area contributed by atoms with Crippen LogP contribution in [0, 0.1) is 12.7 Å². The van der Waals surface area contributed by atoms with Gasteiger partial charge in [0, 0.05) is 5.56 Å². The first kappa shape index (κ1) is 24.1. The Kier molecular flexibility index (Phi) is 5.65. The van der Waals surface area contributed by atoms with E-state index in [9.17, 15) is 24.3 Å². The van der Waals surface area contributed by atoms with E-state index in [1.807, 2.05) is 36.4 Å². The van der Waals surface area contributed by atoms with Crippen LogP contribution < -0.4 is 10.5 Å². The molecule has 0 bridgehead atoms. The van der Waals surface area contributed by atoms with Crippen molar-refractivity contribution in [1.82, 2.24) is 0 Å². The number of fused-ring (bicyclic) bond motifs is 1. The van der Waals surface area contributed by atoms with Crippen LogP contribution in [0.5, 0.6) is 11.5 Å². The molecule has 5 N–H and O–H groups in total. The predicted molar refractivity (Wildman–Crippen MR) is 125 cm³/mol. The smallest absolute Gasteiger partial charge is 0.403 e. The van der Waals surface area contributed by atoms with Crippen LogP contribution in [0.4, 0.5) is 4.39 Å². The fourth-order valence-corrected chi connectivity index (χ4v) is 5.97. The molecule has 0 spiro atoms. The van der Waals surface area contributed by atoms with Crippen LogP contribution in [0.25, 0.3) is 11.1 Å². The quantitative estimate of drug-likeness (QED) is 0.197. The summed E-state index contributed by atoms with van der Waals surface area (Å²) >= 11 is 0. The Labute approximate surface area is 201 Å². The molecule has 35 heavy (non-hydrogen) atoms. The van der Waals surface area contributed by atoms with Gasteiger partial charge in [0.2, 0.25) is 0 Å². The Balaban J connectivity index is 1.43. The lowest BCUT2D eigenvalue weighted by molar-refractivity contribution is -0.290. The zero-order valence-electron chi connectivity index (χ0n) is 18.8. The minimum absolute atomic E-state index is 0.0600. The fourth-order valence-electron chi connectivity index (χ4n) is 4.13. The van der Waals surface area contributed by atoms with E-state index in [0.717, 1.165) is 16.7 Å². The summed E-state index contributed by atoms with van der Waals surface area (Å²) in [7, 11) is -3.52. The maximum absolute atomic E-state index is 14.5. The molecule has 0 saturated carbocycles. The Morgan fingerprint density at radius 3 is 2.34 bits per heavy atom. The minimum Gasteiger partial charge on any atom is -0.454 e. The summed E-state index contributed by atoms with van der Waals surface area (Å²) in [5, 5.41) is 31.1. The summed E-state index contributed by atoms with van der Waals surface area (Å²) in [6, 6.07) is 19.5. The maximum Gasteiger partial charge on any atom is 0.403 e. The van der Waals surface area contributed by atoms with Gasteiger partial charge in [-0.1, -0.05) is 48.5 Å². The van der Waals surface area contributed by atoms with Crippen molar-refractivity contribution < 1.29 is 38.1 Å². The molecule has 2 fully saturated rings. The molecule has 10 heteroatoms. The van der Waals surface area contributed by atoms with Crippen LogP contribution in [-0.2, 0) is 20.0 Å². The first-order chi connectivity index (χ1) is 16.5. The molecule has 2 saturated heterocycles. The van der Waals surface area contributed by atoms with Crippen LogP contribution in [-0.4, -0.2) is 38.8 Å². The Morgan fingerprint density at radius 1 is 1.06 bits per heavy atom. The van der Waals surface area contributed by atoms with Gasteiger partial charge in [-0.2, -0.15) is 0 Å². The normalized spacial score (nSPS) is 24.4. The number of ether oxygens (including phenoxy) is 1. The maximum atomic E-state index is 14.5. The molecule has 5 rings (SSSR count). The second kappa shape index (κ2) is 8.21. The first-order valence-corrected chi connectivity index (χ1v) is 12.6. The van der Waals surface area contributed by atoms with E-state index in [4.69, 9.17) is 19.5 Å². The van der Waals surface area contributed by atoms with Crippen LogP contribution in [0.2, 0.25) is 0 Å². The molecule has 0 amide bonds. The second-order valence-corrected chi connectivity index (χ2v) is 10.9. The number of aliphatic hydroxyl groups excluding tert-OH is 1. The van der Waals surface area contributed by atoms with E-state index < -0.39 is 36.9 Å². The molecule has 2 aliphatic rings. The van der Waals surface area contributed by atoms with E-state index in [1.54, 1.807) is 31.2 Å². The monoisotopic (exact) mass is 501 g/mol. The van der Waals surface area contributed by atoms with Crippen molar-refractivity contribution in [2.45, 2.75) is 36.6 Å². The summed E-state index contributed by atoms with van der Waals surface area (Å²) in [4.78, 5) is 0. The van der Waals surface area contributed by atoms with Crippen molar-refractivity contribution in [2.75, 3.05) is 6.61 Å². The lowest BCUT2D eigenvalue weighted by Crippen LogP contribution is -2.68. The highest BCUT2D eigenvalue weighted by molar-refractivity contribution is 7.68. The third-order valence-corrected chi connectivity index (χ3v) is 8.38. The predicted octanol–water partition coefficient (Wildman–Crippen LogP) is 3.80. The lowest BCUT2D eigenvalue weighted by atomic mass is 9.84. The number of halogens is 1. The van der Waals surface area contributed by atoms with Gasteiger partial charge in [-0.15, -0.1) is 0 Å². The summed E-state index contributed by atoms with van der Waals surface area (Å²) < 4.78 is 42.0. The molecular formula is C25H25FNO7P. The third kappa shape index (κ3) is 3.90. The van der Waals surface area contributed by atoms with E-state index in [2.05, 4.69) is 0 Å². The summed E-state index contributed by atoms with van der Waals surface area (Å²) in [5.41, 5.74) is 5.12. The molecule has 1 unspecified atom stereocenters. The van der Waals surface area contributed by atoms with Crippen molar-refractivity contribution in [3.05, 3.63) is 83.7 Å². The molecule has 0 aromatic heterocycles. The largest absolute Gasteiger partial charge is 0.454 e. The average molecular weight is 501 g/mol. The number of hydrogen-bond donors (Lipinski definition) is 4. The highest BCUT2D eigenvalue weighted by Crippen LogP contribution is 3.00. The number of aliphatic hydroxyl groups is 3. The van der Waals surface area contributed by atoms with Crippen molar-refractivity contribution >= 4 is 7.60 Å². The molecule has 2 heterocycles. The molecule has 8 nitrogen and oxygen atoms in total. The number of aryl methyl sites for hydroxylation is 2. The van der Waals surface area contributed by atoms with Gasteiger partial charge >= 0.3 is 13.1 Å². The SMILES string of the molecule is Cc1ccc(Oc2cc(CCC(N)(CO)C(O)(O)C34OP3(=O)O4)ccc2-c2ccccc2)c(F)c1. The molecule has 3 aromatic carbocycles. The van der Waals surface area contributed by atoms with Crippen LogP contribution in [0.3, 0.4) is 0 Å². The molecule has 1 atom stereocenters. The summed E-state index contributed by atoms with van der Waals surface area (Å²) in [6.07, 6.45) is 0.0656. The van der Waals surface area contributed by atoms with Gasteiger partial charge in [0.1, 0.15) is 5.75 Å². The zero-order chi connectivity index (χ0) is 25.1. The van der Waals surface area contributed by atoms with Crippen molar-refractivity contribution in [2.24, 2.45) is 5.73 Å². The standard InChI is InChI=1S/C25H25FNO7P/c1-16-7-10-21(20(26)13-16)32-22-14-17(8-9-19(22)18-5-3-2-4-6-18)11-12-23(27,15-28)24(29,30)25-33-35(25,31)34-25/h2-10,13-14,28-30H,11-12,15,27H2,1H3. The van der Waals surface area contributed by atoms with Gasteiger partial charge in [0.15, 0.2) is 11.6 Å². The number of rotatable bonds is 9.